The average molecular weight is 196 g/mol. The Morgan fingerprint density at radius 2 is 2.17 bits per heavy atom. The van der Waals surface area contributed by atoms with Crippen LogP contribution in [0.4, 0.5) is 4.79 Å². The van der Waals surface area contributed by atoms with Gasteiger partial charge in [0.25, 0.3) is 0 Å². The lowest BCUT2D eigenvalue weighted by molar-refractivity contribution is 0.0325. The van der Waals surface area contributed by atoms with Crippen molar-refractivity contribution < 1.29 is 14.6 Å². The monoisotopic (exact) mass is 195 g/mol. The Labute approximate surface area is 77.5 Å². The van der Waals surface area contributed by atoms with Crippen LogP contribution in [0.2, 0.25) is 0 Å². The van der Waals surface area contributed by atoms with Crippen LogP contribution in [0.3, 0.4) is 0 Å². The molecule has 1 fully saturated rings. The Kier molecular flexibility index (Phi) is 5.01. The second-order valence-electron chi connectivity index (χ2n) is 2.93. The summed E-state index contributed by atoms with van der Waals surface area (Å²) in [5, 5.41) is 8.29. The Hall–Kier alpha value is -0.480. The first-order chi connectivity index (χ1) is 5.18. The molecule has 0 aromatic heterocycles. The topological polar surface area (TPSA) is 72.5 Å². The minimum Gasteiger partial charge on any atom is -0.450 e. The lowest BCUT2D eigenvalue weighted by Crippen LogP contribution is -2.33. The third kappa shape index (κ3) is 3.78. The third-order valence-electron chi connectivity index (χ3n) is 1.93. The van der Waals surface area contributed by atoms with Crippen molar-refractivity contribution in [3.05, 3.63) is 0 Å². The number of carbonyl (C=O) groups is 1. The summed E-state index contributed by atoms with van der Waals surface area (Å²) in [6.07, 6.45) is 2.09. The highest BCUT2D eigenvalue weighted by atomic mass is 35.5. The van der Waals surface area contributed by atoms with E-state index in [-0.39, 0.29) is 24.6 Å². The summed E-state index contributed by atoms with van der Waals surface area (Å²) in [6.45, 7) is 0. The van der Waals surface area contributed by atoms with Crippen molar-refractivity contribution in [3.63, 3.8) is 0 Å². The van der Waals surface area contributed by atoms with Crippen molar-refractivity contribution in [2.45, 2.75) is 37.8 Å². The van der Waals surface area contributed by atoms with Gasteiger partial charge in [-0.1, -0.05) is 0 Å². The Morgan fingerprint density at radius 3 is 2.67 bits per heavy atom. The standard InChI is InChI=1S/C7H13NO3.ClH/c8-5-2-1-3-6(4-5)11-7(9)10;/h5-6H,1-4,8H2,(H,9,10);1H. The van der Waals surface area contributed by atoms with Crippen molar-refractivity contribution in [1.82, 2.24) is 0 Å². The first-order valence-corrected chi connectivity index (χ1v) is 3.83. The fourth-order valence-electron chi connectivity index (χ4n) is 1.43. The van der Waals surface area contributed by atoms with Gasteiger partial charge in [-0.2, -0.15) is 0 Å². The molecule has 5 heteroatoms. The molecule has 0 aliphatic heterocycles. The Morgan fingerprint density at radius 1 is 1.50 bits per heavy atom. The number of ether oxygens (including phenoxy) is 1. The van der Waals surface area contributed by atoms with Gasteiger partial charge in [-0.05, 0) is 25.7 Å². The van der Waals surface area contributed by atoms with Gasteiger partial charge in [0.1, 0.15) is 6.10 Å². The molecule has 2 atom stereocenters. The van der Waals surface area contributed by atoms with Crippen LogP contribution in [0.5, 0.6) is 0 Å². The minimum absolute atomic E-state index is 0. The maximum Gasteiger partial charge on any atom is 0.506 e. The zero-order valence-corrected chi connectivity index (χ0v) is 7.55. The summed E-state index contributed by atoms with van der Waals surface area (Å²) in [5.74, 6) is 0. The zero-order valence-electron chi connectivity index (χ0n) is 6.73. The van der Waals surface area contributed by atoms with Crippen molar-refractivity contribution in [3.8, 4) is 0 Å². The molecule has 1 saturated carbocycles. The van der Waals surface area contributed by atoms with E-state index in [9.17, 15) is 4.79 Å². The molecule has 1 rings (SSSR count). The smallest absolute Gasteiger partial charge is 0.450 e. The summed E-state index contributed by atoms with van der Waals surface area (Å²) in [7, 11) is 0. The second-order valence-corrected chi connectivity index (χ2v) is 2.93. The van der Waals surface area contributed by atoms with Crippen LogP contribution in [-0.4, -0.2) is 23.4 Å². The first kappa shape index (κ1) is 11.5. The maximum atomic E-state index is 10.1. The lowest BCUT2D eigenvalue weighted by Gasteiger charge is -2.24. The maximum absolute atomic E-state index is 10.1. The van der Waals surface area contributed by atoms with E-state index in [4.69, 9.17) is 10.8 Å². The molecule has 0 radical (unpaired) electrons. The second kappa shape index (κ2) is 5.22. The quantitative estimate of drug-likeness (QED) is 0.620. The molecule has 0 saturated heterocycles. The predicted molar refractivity (Wildman–Crippen MR) is 46.6 cm³/mol. The van der Waals surface area contributed by atoms with E-state index < -0.39 is 6.16 Å². The molecule has 0 spiro atoms. The fraction of sp³-hybridized carbons (Fsp3) is 0.857. The molecule has 12 heavy (non-hydrogen) atoms. The SMILES string of the molecule is Cl.NC1CCCC(OC(=O)O)C1. The molecule has 72 valence electrons. The van der Waals surface area contributed by atoms with E-state index in [2.05, 4.69) is 4.74 Å². The molecule has 4 nitrogen and oxygen atoms in total. The number of halogens is 1. The number of hydrogen-bond donors (Lipinski definition) is 2. The molecular formula is C7H14ClNO3. The van der Waals surface area contributed by atoms with Crippen LogP contribution >= 0.6 is 12.4 Å². The summed E-state index contributed by atoms with van der Waals surface area (Å²) in [4.78, 5) is 10.1. The number of rotatable bonds is 1. The van der Waals surface area contributed by atoms with Crippen molar-refractivity contribution in [1.29, 1.82) is 0 Å². The Balaban J connectivity index is 0.00000121. The van der Waals surface area contributed by atoms with Crippen LogP contribution in [0.15, 0.2) is 0 Å². The zero-order chi connectivity index (χ0) is 8.27. The molecule has 0 aromatic rings. The highest BCUT2D eigenvalue weighted by Crippen LogP contribution is 2.19. The van der Waals surface area contributed by atoms with E-state index in [0.717, 1.165) is 19.3 Å². The number of carboxylic acid groups (broad SMARTS) is 1. The van der Waals surface area contributed by atoms with E-state index >= 15 is 0 Å². The number of nitrogens with two attached hydrogens (primary N) is 1. The molecule has 0 bridgehead atoms. The molecule has 1 aliphatic carbocycles. The fourth-order valence-corrected chi connectivity index (χ4v) is 1.43. The molecule has 3 N–H and O–H groups in total. The van der Waals surface area contributed by atoms with Gasteiger partial charge in [-0.25, -0.2) is 4.79 Å². The first-order valence-electron chi connectivity index (χ1n) is 3.83. The minimum atomic E-state index is -1.19. The largest absolute Gasteiger partial charge is 0.506 e. The van der Waals surface area contributed by atoms with E-state index in [1.165, 1.54) is 0 Å². The predicted octanol–water partition coefficient (Wildman–Crippen LogP) is 1.37. The summed E-state index contributed by atoms with van der Waals surface area (Å²) in [5.41, 5.74) is 5.63. The van der Waals surface area contributed by atoms with E-state index in [1.807, 2.05) is 0 Å². The van der Waals surface area contributed by atoms with Gasteiger partial charge in [0, 0.05) is 6.04 Å². The van der Waals surface area contributed by atoms with Crippen molar-refractivity contribution >= 4 is 18.6 Å². The molecule has 1 aliphatic rings. The normalized spacial score (nSPS) is 28.8. The highest BCUT2D eigenvalue weighted by Gasteiger charge is 2.21. The third-order valence-corrected chi connectivity index (χ3v) is 1.93. The van der Waals surface area contributed by atoms with Crippen LogP contribution in [0, 0.1) is 0 Å². The summed E-state index contributed by atoms with van der Waals surface area (Å²) < 4.78 is 4.60. The van der Waals surface area contributed by atoms with Crippen molar-refractivity contribution in [2.24, 2.45) is 5.73 Å². The van der Waals surface area contributed by atoms with Crippen LogP contribution < -0.4 is 5.73 Å². The van der Waals surface area contributed by atoms with Crippen molar-refractivity contribution in [2.75, 3.05) is 0 Å². The Bertz CT molecular complexity index is 154. The highest BCUT2D eigenvalue weighted by molar-refractivity contribution is 5.85. The lowest BCUT2D eigenvalue weighted by atomic mass is 9.94. The summed E-state index contributed by atoms with van der Waals surface area (Å²) in [6, 6.07) is 0.119. The van der Waals surface area contributed by atoms with Gasteiger partial charge in [0.2, 0.25) is 0 Å². The molecule has 0 heterocycles. The van der Waals surface area contributed by atoms with Gasteiger partial charge < -0.3 is 15.6 Å². The van der Waals surface area contributed by atoms with Gasteiger partial charge in [-0.15, -0.1) is 12.4 Å². The van der Waals surface area contributed by atoms with Crippen LogP contribution in [-0.2, 0) is 4.74 Å². The van der Waals surface area contributed by atoms with Gasteiger partial charge in [0.05, 0.1) is 0 Å². The summed E-state index contributed by atoms with van der Waals surface area (Å²) >= 11 is 0. The molecular weight excluding hydrogens is 182 g/mol. The van der Waals surface area contributed by atoms with Gasteiger partial charge >= 0.3 is 6.16 Å². The van der Waals surface area contributed by atoms with Gasteiger partial charge in [0.15, 0.2) is 0 Å². The van der Waals surface area contributed by atoms with Gasteiger partial charge in [-0.3, -0.25) is 0 Å². The van der Waals surface area contributed by atoms with Crippen LogP contribution in [0.1, 0.15) is 25.7 Å². The average Bonchev–Trinajstić information content (AvgIpc) is 1.85. The van der Waals surface area contributed by atoms with E-state index in [0.29, 0.717) is 6.42 Å². The molecule has 0 aromatic carbocycles. The molecule has 2 unspecified atom stereocenters. The van der Waals surface area contributed by atoms with E-state index in [1.54, 1.807) is 0 Å². The molecule has 0 amide bonds. The van der Waals surface area contributed by atoms with Crippen LogP contribution in [0.25, 0.3) is 0 Å². The number of hydrogen-bond acceptors (Lipinski definition) is 3.